The van der Waals surface area contributed by atoms with Crippen molar-refractivity contribution in [3.05, 3.63) is 63.7 Å². The zero-order chi connectivity index (χ0) is 19.6. The third kappa shape index (κ3) is 4.00. The number of hydrogen-bond donors (Lipinski definition) is 0. The lowest BCUT2D eigenvalue weighted by molar-refractivity contribution is -0.385. The Morgan fingerprint density at radius 1 is 1.19 bits per heavy atom. The summed E-state index contributed by atoms with van der Waals surface area (Å²) < 4.78 is 5.28. The van der Waals surface area contributed by atoms with E-state index < -0.39 is 10.9 Å². The van der Waals surface area contributed by atoms with Gasteiger partial charge in [0.15, 0.2) is 0 Å². The first-order valence-electron chi connectivity index (χ1n) is 8.29. The Labute approximate surface area is 155 Å². The van der Waals surface area contributed by atoms with Gasteiger partial charge in [0.1, 0.15) is 11.5 Å². The number of anilines is 1. The summed E-state index contributed by atoms with van der Waals surface area (Å²) in [5, 5.41) is 16.2. The highest BCUT2D eigenvalue weighted by atomic mass is 16.6. The molecule has 138 valence electrons. The van der Waals surface area contributed by atoms with Crippen molar-refractivity contribution in [1.29, 1.82) is 0 Å². The number of esters is 1. The molecule has 1 aliphatic rings. The number of nitro benzene ring substituents is 1. The van der Waals surface area contributed by atoms with Gasteiger partial charge >= 0.3 is 5.97 Å². The predicted octanol–water partition coefficient (Wildman–Crippen LogP) is 3.30. The molecular weight excluding hydrogens is 350 g/mol. The summed E-state index contributed by atoms with van der Waals surface area (Å²) in [6, 6.07) is 11.3. The number of nitrogens with zero attached hydrogens (tertiary/aromatic N) is 3. The number of benzene rings is 2. The fourth-order valence-electron chi connectivity index (χ4n) is 2.72. The summed E-state index contributed by atoms with van der Waals surface area (Å²) in [6.07, 6.45) is 0.313. The van der Waals surface area contributed by atoms with Crippen LogP contribution in [0.4, 0.5) is 11.4 Å². The minimum Gasteiger partial charge on any atom is -0.422 e. The Morgan fingerprint density at radius 2 is 1.96 bits per heavy atom. The average Bonchev–Trinajstić information content (AvgIpc) is 2.61. The molecular formula is C19H17N3O5. The van der Waals surface area contributed by atoms with E-state index in [9.17, 15) is 19.7 Å². The molecule has 1 amide bonds. The molecule has 1 heterocycles. The Bertz CT molecular complexity index is 968. The van der Waals surface area contributed by atoms with Gasteiger partial charge in [0.25, 0.3) is 5.69 Å². The fraction of sp³-hybridized carbons (Fsp3) is 0.211. The summed E-state index contributed by atoms with van der Waals surface area (Å²) in [5.41, 5.74) is 1.99. The maximum atomic E-state index is 12.4. The molecule has 0 radical (unpaired) electrons. The molecule has 0 fully saturated rings. The molecule has 2 aromatic carbocycles. The van der Waals surface area contributed by atoms with Crippen molar-refractivity contribution in [1.82, 2.24) is 0 Å². The molecule has 8 heteroatoms. The van der Waals surface area contributed by atoms with Gasteiger partial charge in [0, 0.05) is 24.5 Å². The molecule has 3 rings (SSSR count). The van der Waals surface area contributed by atoms with Gasteiger partial charge < -0.3 is 4.74 Å². The van der Waals surface area contributed by atoms with Gasteiger partial charge in [-0.2, -0.15) is 5.10 Å². The number of nitro groups is 1. The monoisotopic (exact) mass is 367 g/mol. The zero-order valence-corrected chi connectivity index (χ0v) is 14.8. The van der Waals surface area contributed by atoms with E-state index in [1.165, 1.54) is 23.2 Å². The van der Waals surface area contributed by atoms with Crippen LogP contribution in [0, 0.1) is 24.0 Å². The summed E-state index contributed by atoms with van der Waals surface area (Å²) in [6.45, 7) is 3.46. The normalized spacial score (nSPS) is 13.9. The molecule has 8 nitrogen and oxygen atoms in total. The van der Waals surface area contributed by atoms with Gasteiger partial charge in [-0.05, 0) is 43.7 Å². The summed E-state index contributed by atoms with van der Waals surface area (Å²) >= 11 is 0. The molecule has 0 atom stereocenters. The predicted molar refractivity (Wildman–Crippen MR) is 98.8 cm³/mol. The van der Waals surface area contributed by atoms with Crippen LogP contribution in [-0.2, 0) is 9.59 Å². The van der Waals surface area contributed by atoms with Crippen LogP contribution in [0.1, 0.15) is 24.0 Å². The second-order valence-corrected chi connectivity index (χ2v) is 6.19. The lowest BCUT2D eigenvalue weighted by Gasteiger charge is -2.23. The smallest absolute Gasteiger partial charge is 0.359 e. The van der Waals surface area contributed by atoms with E-state index in [1.54, 1.807) is 25.1 Å². The molecule has 0 spiro atoms. The number of hydrazone groups is 1. The highest BCUT2D eigenvalue weighted by Crippen LogP contribution is 2.25. The molecule has 0 bridgehead atoms. The first-order valence-corrected chi connectivity index (χ1v) is 8.29. The highest BCUT2D eigenvalue weighted by Gasteiger charge is 2.27. The lowest BCUT2D eigenvalue weighted by Crippen LogP contribution is -2.35. The molecule has 0 N–H and O–H groups in total. The molecule has 0 unspecified atom stereocenters. The van der Waals surface area contributed by atoms with Gasteiger partial charge in [0.2, 0.25) is 5.91 Å². The van der Waals surface area contributed by atoms with E-state index in [0.717, 1.165) is 5.56 Å². The number of amides is 1. The van der Waals surface area contributed by atoms with Crippen molar-refractivity contribution in [3.63, 3.8) is 0 Å². The number of rotatable bonds is 4. The van der Waals surface area contributed by atoms with Crippen LogP contribution < -0.4 is 9.75 Å². The van der Waals surface area contributed by atoms with Crippen molar-refractivity contribution in [2.75, 3.05) is 5.01 Å². The number of carbonyl (C=O) groups excluding carboxylic acids is 2. The van der Waals surface area contributed by atoms with Crippen molar-refractivity contribution in [3.8, 4) is 5.75 Å². The summed E-state index contributed by atoms with van der Waals surface area (Å²) in [7, 11) is 0. The maximum Gasteiger partial charge on any atom is 0.359 e. The van der Waals surface area contributed by atoms with Crippen LogP contribution in [0.15, 0.2) is 47.6 Å². The van der Waals surface area contributed by atoms with Gasteiger partial charge in [-0.15, -0.1) is 0 Å². The van der Waals surface area contributed by atoms with Crippen LogP contribution in [0.5, 0.6) is 5.75 Å². The first kappa shape index (κ1) is 18.2. The van der Waals surface area contributed by atoms with Crippen LogP contribution in [0.25, 0.3) is 0 Å². The van der Waals surface area contributed by atoms with Crippen LogP contribution in [0.2, 0.25) is 0 Å². The Hall–Kier alpha value is -3.55. The van der Waals surface area contributed by atoms with Gasteiger partial charge in [-0.1, -0.05) is 12.1 Å². The van der Waals surface area contributed by atoms with Gasteiger partial charge in [0.05, 0.1) is 10.6 Å². The van der Waals surface area contributed by atoms with Gasteiger partial charge in [-0.25, -0.2) is 9.80 Å². The van der Waals surface area contributed by atoms with Crippen molar-refractivity contribution in [2.45, 2.75) is 26.7 Å². The first-order chi connectivity index (χ1) is 12.8. The van der Waals surface area contributed by atoms with E-state index in [-0.39, 0.29) is 35.9 Å². The van der Waals surface area contributed by atoms with Crippen LogP contribution in [0.3, 0.4) is 0 Å². The summed E-state index contributed by atoms with van der Waals surface area (Å²) in [4.78, 5) is 35.0. The summed E-state index contributed by atoms with van der Waals surface area (Å²) in [5.74, 6) is -0.707. The number of hydrogen-bond acceptors (Lipinski definition) is 6. The number of ether oxygens (including phenoxy) is 1. The van der Waals surface area contributed by atoms with Crippen LogP contribution in [-0.4, -0.2) is 22.5 Å². The van der Waals surface area contributed by atoms with E-state index in [0.29, 0.717) is 11.3 Å². The van der Waals surface area contributed by atoms with Crippen molar-refractivity contribution < 1.29 is 19.2 Å². The maximum absolute atomic E-state index is 12.4. The molecule has 2 aromatic rings. The van der Waals surface area contributed by atoms with E-state index in [2.05, 4.69) is 5.10 Å². The molecule has 0 saturated carbocycles. The Balaban J connectivity index is 1.82. The second kappa shape index (κ2) is 7.36. The third-order valence-electron chi connectivity index (χ3n) is 4.09. The van der Waals surface area contributed by atoms with E-state index in [1.807, 2.05) is 13.0 Å². The van der Waals surface area contributed by atoms with Crippen molar-refractivity contribution >= 4 is 29.0 Å². The molecule has 0 aromatic heterocycles. The Morgan fingerprint density at radius 3 is 2.63 bits per heavy atom. The Kier molecular flexibility index (Phi) is 4.98. The lowest BCUT2D eigenvalue weighted by atomic mass is 10.1. The highest BCUT2D eigenvalue weighted by molar-refractivity contribution is 6.38. The fourth-order valence-corrected chi connectivity index (χ4v) is 2.72. The number of carbonyl (C=O) groups is 2. The standard InChI is InChI=1S/C19H17N3O5/c1-12-4-3-5-14(10-12)21-18(23)9-7-16(20-21)19(24)27-15-6-8-17(22(25)26)13(2)11-15/h3-6,8,10-11H,7,9H2,1-2H3. The molecule has 0 saturated heterocycles. The van der Waals surface area contributed by atoms with E-state index >= 15 is 0 Å². The average molecular weight is 367 g/mol. The molecule has 27 heavy (non-hydrogen) atoms. The SMILES string of the molecule is Cc1cccc(N2N=C(C(=O)Oc3ccc([N+](=O)[O-])c(C)c3)CCC2=O)c1. The largest absolute Gasteiger partial charge is 0.422 e. The minimum atomic E-state index is -0.687. The topological polar surface area (TPSA) is 102 Å². The third-order valence-corrected chi connectivity index (χ3v) is 4.09. The van der Waals surface area contributed by atoms with Crippen molar-refractivity contribution in [2.24, 2.45) is 5.10 Å². The molecule has 0 aliphatic carbocycles. The van der Waals surface area contributed by atoms with Crippen LogP contribution >= 0.6 is 0 Å². The zero-order valence-electron chi connectivity index (χ0n) is 14.8. The quantitative estimate of drug-likeness (QED) is 0.357. The second-order valence-electron chi connectivity index (χ2n) is 6.19. The van der Waals surface area contributed by atoms with Gasteiger partial charge in [-0.3, -0.25) is 14.9 Å². The number of aryl methyl sites for hydroxylation is 2. The van der Waals surface area contributed by atoms with E-state index in [4.69, 9.17) is 4.74 Å². The molecule has 1 aliphatic heterocycles. The minimum absolute atomic E-state index is 0.0546.